The summed E-state index contributed by atoms with van der Waals surface area (Å²) in [6, 6.07) is 46.6. The van der Waals surface area contributed by atoms with Crippen LogP contribution in [0.4, 0.5) is 5.13 Å². The van der Waals surface area contributed by atoms with Gasteiger partial charge in [0.2, 0.25) is 5.60 Å². The molecule has 8 rings (SSSR count). The first-order chi connectivity index (χ1) is 33.1. The van der Waals surface area contributed by atoms with Gasteiger partial charge in [0.15, 0.2) is 16.9 Å². The molecule has 5 aromatic carbocycles. The van der Waals surface area contributed by atoms with Crippen molar-refractivity contribution < 1.29 is 37.7 Å². The van der Waals surface area contributed by atoms with Crippen LogP contribution in [0.25, 0.3) is 0 Å². The van der Waals surface area contributed by atoms with Crippen molar-refractivity contribution in [1.82, 2.24) is 15.2 Å². The normalized spacial score (nSPS) is 17.4. The second-order valence-electron chi connectivity index (χ2n) is 17.8. The number of oxime groups is 1. The Balaban J connectivity index is 1.12. The van der Waals surface area contributed by atoms with Gasteiger partial charge in [-0.3, -0.25) is 18.7 Å². The third-order valence-corrected chi connectivity index (χ3v) is 14.1. The number of esters is 2. The Morgan fingerprint density at radius 2 is 1.29 bits per heavy atom. The molecule has 1 fully saturated rings. The van der Waals surface area contributed by atoms with E-state index in [9.17, 15) is 23.4 Å². The fraction of sp³-hybridized carbons (Fsp3) is 0.245. The van der Waals surface area contributed by atoms with Gasteiger partial charge < -0.3 is 24.9 Å². The minimum Gasteiger partial charge on any atom is -0.457 e. The maximum Gasteiger partial charge on any atom is 0.356 e. The van der Waals surface area contributed by atoms with Gasteiger partial charge in [-0.1, -0.05) is 157 Å². The highest BCUT2D eigenvalue weighted by atomic mass is 35.5. The van der Waals surface area contributed by atoms with Crippen molar-refractivity contribution >= 4 is 68.3 Å². The highest BCUT2D eigenvalue weighted by Crippen LogP contribution is 2.41. The van der Waals surface area contributed by atoms with Gasteiger partial charge in [0.05, 0.1) is 16.6 Å². The van der Waals surface area contributed by atoms with E-state index in [0.29, 0.717) is 16.3 Å². The van der Waals surface area contributed by atoms with Gasteiger partial charge in [0.1, 0.15) is 33.9 Å². The number of carbonyl (C=O) groups excluding carboxylic acids is 4. The number of halogens is 1. The Morgan fingerprint density at radius 1 is 0.797 bits per heavy atom. The zero-order valence-corrected chi connectivity index (χ0v) is 40.8. The van der Waals surface area contributed by atoms with Crippen molar-refractivity contribution in [2.75, 3.05) is 16.9 Å². The summed E-state index contributed by atoms with van der Waals surface area (Å²) in [6.45, 7) is 8.03. The van der Waals surface area contributed by atoms with Gasteiger partial charge in [-0.25, -0.2) is 14.6 Å². The van der Waals surface area contributed by atoms with Crippen LogP contribution in [0.3, 0.4) is 0 Å². The number of carbonyl (C=O) groups is 4. The predicted molar refractivity (Wildman–Crippen MR) is 267 cm³/mol. The molecule has 2 N–H and O–H groups in total. The van der Waals surface area contributed by atoms with Gasteiger partial charge >= 0.3 is 11.9 Å². The van der Waals surface area contributed by atoms with Crippen molar-refractivity contribution in [3.05, 3.63) is 202 Å². The van der Waals surface area contributed by atoms with Crippen molar-refractivity contribution in [2.24, 2.45) is 5.16 Å². The lowest BCUT2D eigenvalue weighted by atomic mass is 9.77. The Hall–Kier alpha value is -6.94. The van der Waals surface area contributed by atoms with E-state index >= 15 is 0 Å². The minimum absolute atomic E-state index is 0.0397. The minimum atomic E-state index is -1.82. The molecule has 3 heterocycles. The Morgan fingerprint density at radius 3 is 1.77 bits per heavy atom. The molecule has 1 aromatic heterocycles. The first-order valence-corrected chi connectivity index (χ1v) is 24.9. The summed E-state index contributed by atoms with van der Waals surface area (Å²) in [5, 5.41) is 11.5. The lowest BCUT2D eigenvalue weighted by Gasteiger charge is -2.49. The Bertz CT molecular complexity index is 2770. The highest BCUT2D eigenvalue weighted by Gasteiger charge is 2.58. The number of alkyl halides is 1. The maximum absolute atomic E-state index is 14.7. The molecular weight excluding hydrogens is 934 g/mol. The topological polar surface area (TPSA) is 166 Å². The quantitative estimate of drug-likeness (QED) is 0.0240. The molecule has 6 aromatic rings. The summed E-state index contributed by atoms with van der Waals surface area (Å²) in [6.07, 6.45) is -0.846. The molecule has 2 aliphatic rings. The number of nitrogens with one attached hydrogen (secondary N) is 2. The van der Waals surface area contributed by atoms with Crippen LogP contribution in [-0.4, -0.2) is 77.8 Å². The van der Waals surface area contributed by atoms with E-state index in [-0.39, 0.29) is 28.6 Å². The van der Waals surface area contributed by atoms with Gasteiger partial charge in [-0.15, -0.1) is 22.9 Å². The SMILES string of the molecule is CC(C)(C)OC(=O)C(C)(C)O/N=C(/C(=O)NC1C(=O)N2C(C(=O)OC(c3ccccc3)c3ccccc3)=C(CCl)CS(=O)[C@H]12)c1csc(NC(c2ccccc2)(c2ccccc2)c2ccccc2)n1. The van der Waals surface area contributed by atoms with E-state index in [1.807, 2.05) is 152 Å². The van der Waals surface area contributed by atoms with Gasteiger partial charge in [-0.2, -0.15) is 0 Å². The standard InChI is InChI=1S/C53H50ClN5O8S2/c1-51(2,3)66-49(63)52(4,5)67-58-41(40-32-68-50(55-40)57-53(37-25-15-8-16-26-37,38-27-17-9-18-28-38)39-29-19-10-20-30-39)45(60)56-42-46(61)59-43(36(31-54)33-69(64)47(42)59)48(62)65-44(34-21-11-6-12-22-34)35-23-13-7-14-24-35/h6-30,32,42,44,47H,31,33H2,1-5H3,(H,55,57)(H,56,60)/b58-41+/t42?,47-,69?/m1/s1. The van der Waals surface area contributed by atoms with E-state index in [4.69, 9.17) is 30.9 Å². The number of aromatic nitrogens is 1. The van der Waals surface area contributed by atoms with Crippen LogP contribution >= 0.6 is 22.9 Å². The number of amides is 2. The number of benzene rings is 5. The summed E-state index contributed by atoms with van der Waals surface area (Å²) in [5.74, 6) is -3.59. The van der Waals surface area contributed by atoms with Crippen LogP contribution < -0.4 is 10.6 Å². The van der Waals surface area contributed by atoms with Gasteiger partial charge in [-0.05, 0) is 68.0 Å². The van der Waals surface area contributed by atoms with Crippen LogP contribution in [0.5, 0.6) is 0 Å². The lowest BCUT2D eigenvalue weighted by Crippen LogP contribution is -2.74. The van der Waals surface area contributed by atoms with Crippen molar-refractivity contribution in [1.29, 1.82) is 0 Å². The average Bonchev–Trinajstić information content (AvgIpc) is 3.82. The molecule has 0 bridgehead atoms. The molecule has 0 radical (unpaired) electrons. The molecule has 2 amide bonds. The van der Waals surface area contributed by atoms with Crippen LogP contribution in [0.1, 0.15) is 74.2 Å². The smallest absolute Gasteiger partial charge is 0.356 e. The Labute approximate surface area is 412 Å². The van der Waals surface area contributed by atoms with E-state index in [2.05, 4.69) is 15.8 Å². The summed E-state index contributed by atoms with van der Waals surface area (Å²) in [4.78, 5) is 68.3. The summed E-state index contributed by atoms with van der Waals surface area (Å²) in [7, 11) is -1.82. The van der Waals surface area contributed by atoms with Crippen molar-refractivity contribution in [3.8, 4) is 0 Å². The fourth-order valence-corrected chi connectivity index (χ4v) is 10.9. The fourth-order valence-electron chi connectivity index (χ4n) is 8.08. The van der Waals surface area contributed by atoms with Crippen LogP contribution in [0, 0.1) is 0 Å². The number of fused-ring (bicyclic) bond motifs is 1. The molecule has 69 heavy (non-hydrogen) atoms. The highest BCUT2D eigenvalue weighted by molar-refractivity contribution is 7.86. The second kappa shape index (κ2) is 20.3. The third-order valence-electron chi connectivity index (χ3n) is 11.4. The molecule has 354 valence electrons. The molecule has 2 aliphatic heterocycles. The van der Waals surface area contributed by atoms with Gasteiger partial charge in [0.25, 0.3) is 11.8 Å². The van der Waals surface area contributed by atoms with E-state index < -0.39 is 74.5 Å². The number of anilines is 1. The number of thiazole rings is 1. The van der Waals surface area contributed by atoms with Crippen molar-refractivity contribution in [3.63, 3.8) is 0 Å². The molecule has 16 heteroatoms. The molecule has 0 spiro atoms. The summed E-state index contributed by atoms with van der Waals surface area (Å²) in [5.41, 5.74) is 0.357. The van der Waals surface area contributed by atoms with Crippen LogP contribution in [0.2, 0.25) is 0 Å². The monoisotopic (exact) mass is 983 g/mol. The second-order valence-corrected chi connectivity index (χ2v) is 20.5. The zero-order chi connectivity index (χ0) is 48.9. The number of rotatable bonds is 16. The summed E-state index contributed by atoms with van der Waals surface area (Å²) < 4.78 is 25.7. The number of hydrogen-bond donors (Lipinski definition) is 2. The number of β-lactam (4-membered cyclic amide) rings is 1. The number of nitrogens with zero attached hydrogens (tertiary/aromatic N) is 3. The van der Waals surface area contributed by atoms with E-state index in [1.54, 1.807) is 26.2 Å². The average molecular weight is 985 g/mol. The van der Waals surface area contributed by atoms with E-state index in [0.717, 1.165) is 21.6 Å². The molecule has 1 saturated heterocycles. The largest absolute Gasteiger partial charge is 0.457 e. The lowest BCUT2D eigenvalue weighted by molar-refractivity contribution is -0.179. The number of ether oxygens (including phenoxy) is 2. The molecule has 13 nitrogen and oxygen atoms in total. The van der Waals surface area contributed by atoms with Gasteiger partial charge in [0, 0.05) is 11.3 Å². The zero-order valence-electron chi connectivity index (χ0n) is 38.5. The molecule has 0 saturated carbocycles. The predicted octanol–water partition coefficient (Wildman–Crippen LogP) is 8.63. The molecule has 3 atom stereocenters. The van der Waals surface area contributed by atoms with Crippen molar-refractivity contribution in [2.45, 2.75) is 68.9 Å². The van der Waals surface area contributed by atoms with Crippen LogP contribution in [-0.2, 0) is 49.8 Å². The first-order valence-electron chi connectivity index (χ1n) is 22.1. The number of hydrogen-bond acceptors (Lipinski definition) is 12. The maximum atomic E-state index is 14.7. The molecule has 0 aliphatic carbocycles. The third kappa shape index (κ3) is 10.3. The summed E-state index contributed by atoms with van der Waals surface area (Å²) >= 11 is 7.56. The van der Waals surface area contributed by atoms with E-state index in [1.165, 1.54) is 25.2 Å². The first kappa shape index (κ1) is 48.5. The van der Waals surface area contributed by atoms with Crippen LogP contribution in [0.15, 0.2) is 173 Å². The Kier molecular flexibility index (Phi) is 14.3. The molecular formula is C53H50ClN5O8S2. The molecule has 2 unspecified atom stereocenters.